The van der Waals surface area contributed by atoms with Crippen LogP contribution in [0, 0.1) is 27.7 Å². The summed E-state index contributed by atoms with van der Waals surface area (Å²) in [4.78, 5) is 17.6. The molecule has 1 aromatic carbocycles. The Morgan fingerprint density at radius 3 is 2.40 bits per heavy atom. The summed E-state index contributed by atoms with van der Waals surface area (Å²) in [5.74, 6) is -0.105. The molecule has 3 heterocycles. The number of aromatic nitrogens is 5. The highest BCUT2D eigenvalue weighted by Gasteiger charge is 2.29. The standard InChI is InChI=1S/C26H28F2N6O/c1-14-5-7-18(8-6-14)12-33-17(4)24(16(3)32-33)30-22(35)13-34-26-23(15(2)31-34)20(25(27)28)11-21(29-26)19-9-10-19/h5-8,11,19,25H,9-10,12-13H2,1-4H3,(H,30,35). The predicted molar refractivity (Wildman–Crippen MR) is 130 cm³/mol. The van der Waals surface area contributed by atoms with E-state index in [1.54, 1.807) is 6.92 Å². The summed E-state index contributed by atoms with van der Waals surface area (Å²) in [6.45, 7) is 7.94. The third-order valence-electron chi connectivity index (χ3n) is 6.55. The normalized spacial score (nSPS) is 13.7. The van der Waals surface area contributed by atoms with Gasteiger partial charge in [-0.25, -0.2) is 18.4 Å². The first-order valence-electron chi connectivity index (χ1n) is 11.8. The smallest absolute Gasteiger partial charge is 0.264 e. The maximum atomic E-state index is 13.8. The molecule has 3 aromatic heterocycles. The van der Waals surface area contributed by atoms with Gasteiger partial charge in [0.05, 0.1) is 34.7 Å². The number of carbonyl (C=O) groups excluding carboxylic acids is 1. The molecule has 0 spiro atoms. The van der Waals surface area contributed by atoms with Gasteiger partial charge in [0.15, 0.2) is 5.65 Å². The van der Waals surface area contributed by atoms with Crippen LogP contribution < -0.4 is 5.32 Å². The van der Waals surface area contributed by atoms with Crippen molar-refractivity contribution in [2.45, 2.75) is 66.0 Å². The van der Waals surface area contributed by atoms with Crippen molar-refractivity contribution in [3.05, 3.63) is 69.8 Å². The number of anilines is 1. The van der Waals surface area contributed by atoms with E-state index in [-0.39, 0.29) is 23.9 Å². The zero-order chi connectivity index (χ0) is 24.9. The topological polar surface area (TPSA) is 77.6 Å². The quantitative estimate of drug-likeness (QED) is 0.388. The summed E-state index contributed by atoms with van der Waals surface area (Å²) < 4.78 is 30.9. The Morgan fingerprint density at radius 2 is 1.74 bits per heavy atom. The molecule has 1 saturated carbocycles. The van der Waals surface area contributed by atoms with Crippen molar-refractivity contribution in [3.63, 3.8) is 0 Å². The van der Waals surface area contributed by atoms with Gasteiger partial charge < -0.3 is 5.32 Å². The van der Waals surface area contributed by atoms with Crippen LogP contribution >= 0.6 is 0 Å². The molecule has 7 nitrogen and oxygen atoms in total. The van der Waals surface area contributed by atoms with Gasteiger partial charge in [-0.05, 0) is 52.2 Å². The largest absolute Gasteiger partial charge is 0.321 e. The number of amides is 1. The molecule has 1 aliphatic carbocycles. The zero-order valence-electron chi connectivity index (χ0n) is 20.3. The zero-order valence-corrected chi connectivity index (χ0v) is 20.3. The first kappa shape index (κ1) is 23.1. The van der Waals surface area contributed by atoms with Crippen LogP contribution in [0.1, 0.15) is 64.7 Å². The van der Waals surface area contributed by atoms with E-state index in [0.29, 0.717) is 40.3 Å². The fourth-order valence-corrected chi connectivity index (χ4v) is 4.49. The number of alkyl halides is 2. The Morgan fingerprint density at radius 1 is 1.06 bits per heavy atom. The summed E-state index contributed by atoms with van der Waals surface area (Å²) in [6, 6.07) is 9.74. The molecule has 0 bridgehead atoms. The number of hydrogen-bond donors (Lipinski definition) is 1. The molecule has 9 heteroatoms. The number of pyridine rings is 1. The van der Waals surface area contributed by atoms with Crippen molar-refractivity contribution < 1.29 is 13.6 Å². The number of nitrogens with zero attached hydrogens (tertiary/aromatic N) is 5. The second-order valence-electron chi connectivity index (χ2n) is 9.39. The van der Waals surface area contributed by atoms with Crippen molar-refractivity contribution >= 4 is 22.6 Å². The monoisotopic (exact) mass is 478 g/mol. The highest BCUT2D eigenvalue weighted by molar-refractivity contribution is 5.93. The summed E-state index contributed by atoms with van der Waals surface area (Å²) >= 11 is 0. The van der Waals surface area contributed by atoms with Crippen LogP contribution in [-0.2, 0) is 17.9 Å². The molecule has 5 rings (SSSR count). The Balaban J connectivity index is 1.39. The summed E-state index contributed by atoms with van der Waals surface area (Å²) in [5.41, 5.74) is 5.86. The molecular formula is C26H28F2N6O. The van der Waals surface area contributed by atoms with Gasteiger partial charge in [0.1, 0.15) is 6.54 Å². The van der Waals surface area contributed by atoms with Gasteiger partial charge in [-0.2, -0.15) is 10.2 Å². The third kappa shape index (κ3) is 4.54. The van der Waals surface area contributed by atoms with Crippen molar-refractivity contribution in [1.29, 1.82) is 0 Å². The van der Waals surface area contributed by atoms with Gasteiger partial charge in [-0.15, -0.1) is 0 Å². The molecule has 1 fully saturated rings. The summed E-state index contributed by atoms with van der Waals surface area (Å²) in [5, 5.41) is 12.3. The molecule has 1 amide bonds. The molecule has 0 unspecified atom stereocenters. The van der Waals surface area contributed by atoms with Crippen LogP contribution in [0.25, 0.3) is 11.0 Å². The highest BCUT2D eigenvalue weighted by Crippen LogP contribution is 2.42. The van der Waals surface area contributed by atoms with E-state index in [4.69, 9.17) is 0 Å². The molecule has 35 heavy (non-hydrogen) atoms. The predicted octanol–water partition coefficient (Wildman–Crippen LogP) is 5.36. The van der Waals surface area contributed by atoms with E-state index in [2.05, 4.69) is 44.8 Å². The van der Waals surface area contributed by atoms with Crippen LogP contribution in [0.4, 0.5) is 14.5 Å². The van der Waals surface area contributed by atoms with E-state index in [9.17, 15) is 13.6 Å². The second kappa shape index (κ2) is 8.87. The fourth-order valence-electron chi connectivity index (χ4n) is 4.49. The lowest BCUT2D eigenvalue weighted by molar-refractivity contribution is -0.116. The summed E-state index contributed by atoms with van der Waals surface area (Å²) in [6.07, 6.45) is -0.743. The lowest BCUT2D eigenvalue weighted by Gasteiger charge is -2.09. The number of carbonyl (C=O) groups is 1. The number of fused-ring (bicyclic) bond motifs is 1. The van der Waals surface area contributed by atoms with Crippen molar-refractivity contribution in [2.24, 2.45) is 0 Å². The molecule has 0 aliphatic heterocycles. The van der Waals surface area contributed by atoms with Gasteiger partial charge in [-0.3, -0.25) is 9.48 Å². The number of rotatable bonds is 7. The molecule has 182 valence electrons. The van der Waals surface area contributed by atoms with Gasteiger partial charge in [0, 0.05) is 17.2 Å². The minimum atomic E-state index is -2.63. The van der Waals surface area contributed by atoms with Gasteiger partial charge in [0.2, 0.25) is 5.91 Å². The van der Waals surface area contributed by atoms with Crippen molar-refractivity contribution in [1.82, 2.24) is 24.5 Å². The maximum absolute atomic E-state index is 13.8. The summed E-state index contributed by atoms with van der Waals surface area (Å²) in [7, 11) is 0. The molecule has 1 N–H and O–H groups in total. The van der Waals surface area contributed by atoms with E-state index >= 15 is 0 Å². The van der Waals surface area contributed by atoms with Crippen LogP contribution in [-0.4, -0.2) is 30.5 Å². The second-order valence-corrected chi connectivity index (χ2v) is 9.39. The molecule has 4 aromatic rings. The highest BCUT2D eigenvalue weighted by atomic mass is 19.3. The van der Waals surface area contributed by atoms with E-state index in [1.165, 1.54) is 16.3 Å². The lowest BCUT2D eigenvalue weighted by Crippen LogP contribution is -2.20. The Labute approximate surface area is 202 Å². The lowest BCUT2D eigenvalue weighted by atomic mass is 10.1. The number of benzene rings is 1. The van der Waals surface area contributed by atoms with Gasteiger partial charge in [0.25, 0.3) is 6.43 Å². The number of halogens is 2. The number of nitrogens with one attached hydrogen (secondary N) is 1. The Bertz CT molecular complexity index is 1420. The van der Waals surface area contributed by atoms with Gasteiger partial charge >= 0.3 is 0 Å². The van der Waals surface area contributed by atoms with Gasteiger partial charge in [-0.1, -0.05) is 29.8 Å². The SMILES string of the molecule is Cc1ccc(Cn2nc(C)c(NC(=O)Cn3nc(C)c4c(C(F)F)cc(C5CC5)nc43)c2C)cc1. The molecule has 0 saturated heterocycles. The van der Waals surface area contributed by atoms with Crippen LogP contribution in [0.5, 0.6) is 0 Å². The fraction of sp³-hybridized carbons (Fsp3) is 0.385. The first-order chi connectivity index (χ1) is 16.7. The minimum absolute atomic E-state index is 0.0647. The minimum Gasteiger partial charge on any atom is -0.321 e. The molecule has 0 radical (unpaired) electrons. The van der Waals surface area contributed by atoms with Crippen molar-refractivity contribution in [2.75, 3.05) is 5.32 Å². The molecule has 0 atom stereocenters. The van der Waals surface area contributed by atoms with E-state index in [1.807, 2.05) is 25.5 Å². The Hall–Kier alpha value is -3.62. The van der Waals surface area contributed by atoms with Crippen molar-refractivity contribution in [3.8, 4) is 0 Å². The Kier molecular flexibility index (Phi) is 5.86. The number of aryl methyl sites for hydroxylation is 3. The van der Waals surface area contributed by atoms with E-state index in [0.717, 1.165) is 24.1 Å². The molecule has 1 aliphatic rings. The third-order valence-corrected chi connectivity index (χ3v) is 6.55. The average Bonchev–Trinajstić information content (AvgIpc) is 3.58. The molecular weight excluding hydrogens is 450 g/mol. The number of hydrogen-bond acceptors (Lipinski definition) is 4. The maximum Gasteiger partial charge on any atom is 0.264 e. The van der Waals surface area contributed by atoms with Crippen LogP contribution in [0.2, 0.25) is 0 Å². The average molecular weight is 479 g/mol. The van der Waals surface area contributed by atoms with Crippen LogP contribution in [0.3, 0.4) is 0 Å². The van der Waals surface area contributed by atoms with Crippen LogP contribution in [0.15, 0.2) is 30.3 Å². The first-order valence-corrected chi connectivity index (χ1v) is 11.8. The van der Waals surface area contributed by atoms with E-state index < -0.39 is 6.43 Å².